The van der Waals surface area contributed by atoms with E-state index in [-0.39, 0.29) is 38.8 Å². The molecule has 0 aliphatic rings. The van der Waals surface area contributed by atoms with Crippen molar-refractivity contribution in [1.82, 2.24) is 21.3 Å². The van der Waals surface area contributed by atoms with Gasteiger partial charge in [0, 0.05) is 40.0 Å². The summed E-state index contributed by atoms with van der Waals surface area (Å²) < 4.78 is 0. The molecule has 0 aromatic carbocycles. The summed E-state index contributed by atoms with van der Waals surface area (Å²) >= 11 is 0. The normalized spacial score (nSPS) is 12.0. The Balaban J connectivity index is -0.0000000566. The van der Waals surface area contributed by atoms with Gasteiger partial charge in [0.25, 0.3) is 5.91 Å². The van der Waals surface area contributed by atoms with Crippen LogP contribution in [-0.4, -0.2) is 140 Å². The molecule has 0 aliphatic heterocycles. The van der Waals surface area contributed by atoms with E-state index in [1.165, 1.54) is 73.6 Å². The largest absolute Gasteiger partial charge is 0.391 e. The van der Waals surface area contributed by atoms with Crippen molar-refractivity contribution in [3.63, 3.8) is 0 Å². The van der Waals surface area contributed by atoms with Crippen LogP contribution in [0.1, 0.15) is 204 Å². The molecule has 0 aromatic rings. The molecule has 17 nitrogen and oxygen atoms in total. The van der Waals surface area contributed by atoms with E-state index in [1.807, 2.05) is 20.8 Å². The van der Waals surface area contributed by atoms with Crippen LogP contribution in [0.15, 0.2) is 0 Å². The number of carbonyl (C=O) groups excluding carboxylic acids is 6. The highest BCUT2D eigenvalue weighted by Crippen LogP contribution is 1.89. The molecule has 2 unspecified atom stereocenters. The highest BCUT2D eigenvalue weighted by Gasteiger charge is 2.10. The Kier molecular flexibility index (Phi) is 102. The molecule has 17 heteroatoms. The average molecular weight is 937 g/mol. The number of hydrogen-bond acceptors (Lipinski definition) is 13. The second-order valence-corrected chi connectivity index (χ2v) is 14.1. The smallest absolute Gasteiger partial charge is 0.287 e. The summed E-state index contributed by atoms with van der Waals surface area (Å²) in [6, 6.07) is 0. The highest BCUT2D eigenvalue weighted by atomic mass is 16.3. The Morgan fingerprint density at radius 1 is 0.375 bits per heavy atom. The molecule has 0 heterocycles. The van der Waals surface area contributed by atoms with Crippen molar-refractivity contribution in [3.8, 4) is 0 Å². The summed E-state index contributed by atoms with van der Waals surface area (Å²) in [7, 11) is 0. The Morgan fingerprint density at radius 2 is 0.562 bits per heavy atom. The number of aliphatic hydroxyl groups excluding tert-OH is 7. The van der Waals surface area contributed by atoms with Crippen molar-refractivity contribution >= 4 is 35.2 Å². The standard InChI is InChI=1S/2C7H15NO3.C7H13NO3.C6H13NO2.C4H8O2.5C3H8.CH4/c3*1-3-6(10)4-8-7(11)5(2)9;1-3-6(9)4-7-5(2)8;1-3(5)4(2)6;5*1-3-2;/h2*5-6,9-10H,3-4H2,1-2H3,(H,8,11);6,10H,3-4H2,1-2H3,(H,8,11);6,9H,3-4H2,1-2H3,(H,7,8);3,5H,1-2H3;5*3H2,1-2H3;1H4/t5?,6-;5-,6?;2*6-;3-;;;;;;/m01011....../s1. The summed E-state index contributed by atoms with van der Waals surface area (Å²) in [5, 5.41) is 71.1. The maximum absolute atomic E-state index is 10.7. The molecule has 0 saturated carbocycles. The molecule has 0 aromatic heterocycles. The third kappa shape index (κ3) is 118. The van der Waals surface area contributed by atoms with Crippen LogP contribution in [0, 0.1) is 0 Å². The molecule has 0 bridgehead atoms. The quantitative estimate of drug-likeness (QED) is 0.0849. The number of Topliss-reactive ketones (excluding diaryl/α,β-unsaturated/α-hetero) is 2. The van der Waals surface area contributed by atoms with Gasteiger partial charge in [-0.3, -0.25) is 28.8 Å². The lowest BCUT2D eigenvalue weighted by Gasteiger charge is -2.10. The molecule has 11 N–H and O–H groups in total. The first kappa shape index (κ1) is 87.8. The Hall–Kier alpha value is -3.06. The zero-order valence-electron chi connectivity index (χ0n) is 43.8. The van der Waals surface area contributed by atoms with E-state index < -0.39 is 66.2 Å². The first-order valence-corrected chi connectivity index (χ1v) is 23.0. The van der Waals surface area contributed by atoms with E-state index >= 15 is 0 Å². The van der Waals surface area contributed by atoms with Gasteiger partial charge in [-0.1, -0.05) is 136 Å². The first-order chi connectivity index (χ1) is 29.1. The van der Waals surface area contributed by atoms with Crippen LogP contribution in [-0.2, 0) is 28.8 Å². The Bertz CT molecular complexity index is 914. The molecule has 64 heavy (non-hydrogen) atoms. The van der Waals surface area contributed by atoms with Gasteiger partial charge in [0.15, 0.2) is 5.78 Å². The fourth-order valence-electron chi connectivity index (χ4n) is 1.91. The maximum atomic E-state index is 10.7. The lowest BCUT2D eigenvalue weighted by molar-refractivity contribution is -0.136. The van der Waals surface area contributed by atoms with E-state index in [9.17, 15) is 28.8 Å². The van der Waals surface area contributed by atoms with Crippen LogP contribution in [0.3, 0.4) is 0 Å². The van der Waals surface area contributed by atoms with Gasteiger partial charge in [-0.15, -0.1) is 0 Å². The molecule has 7 atom stereocenters. The molecule has 394 valence electrons. The third-order valence-electron chi connectivity index (χ3n) is 5.66. The number of amides is 4. The zero-order chi connectivity index (χ0) is 52.5. The molecule has 0 spiro atoms. The van der Waals surface area contributed by atoms with Gasteiger partial charge in [-0.25, -0.2) is 0 Å². The summed E-state index contributed by atoms with van der Waals surface area (Å²) in [5.74, 6) is -2.35. The van der Waals surface area contributed by atoms with E-state index in [1.54, 1.807) is 6.92 Å². The van der Waals surface area contributed by atoms with Crippen LogP contribution in [0.25, 0.3) is 0 Å². The zero-order valence-corrected chi connectivity index (χ0v) is 43.8. The van der Waals surface area contributed by atoms with Gasteiger partial charge in [0.1, 0.15) is 18.3 Å². The van der Waals surface area contributed by atoms with E-state index in [2.05, 4.69) is 90.5 Å². The number of aliphatic hydroxyl groups is 7. The lowest BCUT2D eigenvalue weighted by atomic mass is 10.2. The second kappa shape index (κ2) is 74.3. The minimum Gasteiger partial charge on any atom is -0.391 e. The van der Waals surface area contributed by atoms with E-state index in [0.717, 1.165) is 0 Å². The van der Waals surface area contributed by atoms with Gasteiger partial charge in [0.05, 0.1) is 24.4 Å². The van der Waals surface area contributed by atoms with Crippen molar-refractivity contribution in [2.45, 2.75) is 246 Å². The van der Waals surface area contributed by atoms with Crippen LogP contribution in [0.2, 0.25) is 0 Å². The summed E-state index contributed by atoms with van der Waals surface area (Å²) in [6.07, 6.45) is 3.92. The minimum atomic E-state index is -1.00. The van der Waals surface area contributed by atoms with Crippen molar-refractivity contribution in [1.29, 1.82) is 0 Å². The van der Waals surface area contributed by atoms with Crippen molar-refractivity contribution in [2.75, 3.05) is 26.2 Å². The van der Waals surface area contributed by atoms with Crippen LogP contribution >= 0.6 is 0 Å². The van der Waals surface area contributed by atoms with Crippen LogP contribution in [0.4, 0.5) is 0 Å². The Labute approximate surface area is 392 Å². The van der Waals surface area contributed by atoms with E-state index in [4.69, 9.17) is 35.7 Å². The van der Waals surface area contributed by atoms with Gasteiger partial charge in [-0.2, -0.15) is 0 Å². The predicted octanol–water partition coefficient (Wildman–Crippen LogP) is 5.54. The topological polar surface area (TPSA) is 292 Å². The number of hydrogen-bond donors (Lipinski definition) is 11. The average Bonchev–Trinajstić information content (AvgIpc) is 3.21. The van der Waals surface area contributed by atoms with Gasteiger partial charge >= 0.3 is 0 Å². The number of nitrogens with one attached hydrogen (secondary N) is 4. The molecule has 4 amide bonds. The Morgan fingerprint density at radius 3 is 0.703 bits per heavy atom. The van der Waals surface area contributed by atoms with Crippen molar-refractivity contribution in [2.24, 2.45) is 0 Å². The molecular formula is C47H108N4O13. The summed E-state index contributed by atoms with van der Waals surface area (Å²) in [6.45, 7) is 37.7. The van der Waals surface area contributed by atoms with Crippen molar-refractivity contribution in [3.05, 3.63) is 0 Å². The number of rotatable bonds is 16. The summed E-state index contributed by atoms with van der Waals surface area (Å²) in [5.41, 5.74) is 0. The van der Waals surface area contributed by atoms with E-state index in [0.29, 0.717) is 32.2 Å². The van der Waals surface area contributed by atoms with Gasteiger partial charge in [-0.05, 0) is 53.4 Å². The second-order valence-electron chi connectivity index (χ2n) is 14.1. The number of carbonyl (C=O) groups is 6. The fraction of sp³-hybridized carbons (Fsp3) is 0.872. The number of ketones is 2. The maximum Gasteiger partial charge on any atom is 0.287 e. The highest BCUT2D eigenvalue weighted by molar-refractivity contribution is 6.35. The van der Waals surface area contributed by atoms with Gasteiger partial charge < -0.3 is 57.0 Å². The van der Waals surface area contributed by atoms with Crippen molar-refractivity contribution < 1.29 is 64.5 Å². The molecule has 0 fully saturated rings. The van der Waals surface area contributed by atoms with Gasteiger partial charge in [0.2, 0.25) is 23.5 Å². The van der Waals surface area contributed by atoms with Crippen LogP contribution in [0.5, 0.6) is 0 Å². The molecule has 0 aliphatic carbocycles. The first-order valence-electron chi connectivity index (χ1n) is 23.0. The fourth-order valence-corrected chi connectivity index (χ4v) is 1.91. The monoisotopic (exact) mass is 937 g/mol. The predicted molar refractivity (Wildman–Crippen MR) is 266 cm³/mol. The third-order valence-corrected chi connectivity index (χ3v) is 5.66. The summed E-state index contributed by atoms with van der Waals surface area (Å²) in [4.78, 5) is 62.5. The SMILES string of the molecule is C.CC(=O)[C@@H](C)O.CCC.CCC.CCC.CCC.CCC.CCC(O)CNC(=O)[C@@H](C)O.CC[C@@H](O)CNC(C)=O.CC[C@H](O)CNC(=O)C(C)=O.CC[C@H](O)CNC(=O)C(C)O. The molecule has 0 rings (SSSR count). The molecular weight excluding hydrogens is 829 g/mol. The van der Waals surface area contributed by atoms with Crippen LogP contribution < -0.4 is 21.3 Å². The molecule has 0 saturated heterocycles. The minimum absolute atomic E-state index is 0. The molecule has 0 radical (unpaired) electrons. The lowest BCUT2D eigenvalue weighted by Crippen LogP contribution is -2.37.